The van der Waals surface area contributed by atoms with Crippen molar-refractivity contribution in [2.24, 2.45) is 0 Å². The molecule has 0 bridgehead atoms. The van der Waals surface area contributed by atoms with E-state index in [-0.39, 0.29) is 12.0 Å². The Balaban J connectivity index is 2.15. The number of nitrogens with two attached hydrogens (primary N) is 1. The van der Waals surface area contributed by atoms with Crippen LogP contribution in [-0.4, -0.2) is 36.6 Å². The summed E-state index contributed by atoms with van der Waals surface area (Å²) in [6, 6.07) is 4.96. The molecule has 1 amide bonds. The molecular formula is C13H17ClN2O2. The molecule has 2 N–H and O–H groups in total. The van der Waals surface area contributed by atoms with Gasteiger partial charge >= 0.3 is 0 Å². The van der Waals surface area contributed by atoms with Crippen LogP contribution >= 0.6 is 11.6 Å². The van der Waals surface area contributed by atoms with Gasteiger partial charge in [0, 0.05) is 23.8 Å². The summed E-state index contributed by atoms with van der Waals surface area (Å²) in [5, 5.41) is 0.539. The van der Waals surface area contributed by atoms with Gasteiger partial charge in [-0.3, -0.25) is 4.79 Å². The molecule has 2 rings (SSSR count). The molecule has 5 heteroatoms. The number of rotatable bonds is 2. The molecule has 1 aromatic rings. The number of morpholine rings is 1. The van der Waals surface area contributed by atoms with Crippen molar-refractivity contribution in [3.8, 4) is 0 Å². The van der Waals surface area contributed by atoms with Crippen LogP contribution in [0.15, 0.2) is 18.2 Å². The molecule has 0 radical (unpaired) electrons. The van der Waals surface area contributed by atoms with Gasteiger partial charge in [-0.2, -0.15) is 0 Å². The third-order valence-electron chi connectivity index (χ3n) is 3.13. The van der Waals surface area contributed by atoms with Crippen molar-refractivity contribution < 1.29 is 9.53 Å². The van der Waals surface area contributed by atoms with Crippen LogP contribution < -0.4 is 5.73 Å². The lowest BCUT2D eigenvalue weighted by Crippen LogP contribution is -2.45. The molecule has 0 spiro atoms. The molecule has 1 unspecified atom stereocenters. The van der Waals surface area contributed by atoms with E-state index in [4.69, 9.17) is 22.1 Å². The molecule has 1 heterocycles. The molecule has 1 aromatic carbocycles. The number of amides is 1. The number of benzene rings is 1. The second kappa shape index (κ2) is 5.59. The number of ether oxygens (including phenoxy) is 1. The fourth-order valence-electron chi connectivity index (χ4n) is 2.05. The third-order valence-corrected chi connectivity index (χ3v) is 3.36. The van der Waals surface area contributed by atoms with Crippen LogP contribution in [0.4, 0.5) is 5.69 Å². The molecule has 0 aromatic heterocycles. The largest absolute Gasteiger partial charge is 0.398 e. The maximum absolute atomic E-state index is 12.3. The third kappa shape index (κ3) is 2.76. The van der Waals surface area contributed by atoms with Gasteiger partial charge in [-0.25, -0.2) is 0 Å². The average molecular weight is 269 g/mol. The van der Waals surface area contributed by atoms with E-state index in [1.54, 1.807) is 23.1 Å². The predicted octanol–water partition coefficient (Wildman–Crippen LogP) is 2.17. The van der Waals surface area contributed by atoms with E-state index in [9.17, 15) is 4.79 Å². The normalized spacial score (nSPS) is 19.9. The van der Waals surface area contributed by atoms with E-state index >= 15 is 0 Å². The molecular weight excluding hydrogens is 252 g/mol. The number of nitrogens with zero attached hydrogens (tertiary/aromatic N) is 1. The van der Waals surface area contributed by atoms with Gasteiger partial charge in [0.2, 0.25) is 0 Å². The van der Waals surface area contributed by atoms with E-state index in [1.807, 2.05) is 0 Å². The molecule has 1 atom stereocenters. The minimum absolute atomic E-state index is 0.0501. The summed E-state index contributed by atoms with van der Waals surface area (Å²) in [5.41, 5.74) is 6.77. The smallest absolute Gasteiger partial charge is 0.256 e. The summed E-state index contributed by atoms with van der Waals surface area (Å²) in [7, 11) is 0. The van der Waals surface area contributed by atoms with Crippen molar-refractivity contribution in [2.45, 2.75) is 19.4 Å². The molecule has 0 saturated carbocycles. The molecule has 18 heavy (non-hydrogen) atoms. The fraction of sp³-hybridized carbons (Fsp3) is 0.462. The maximum atomic E-state index is 12.3. The zero-order valence-corrected chi connectivity index (χ0v) is 11.1. The Kier molecular flexibility index (Phi) is 4.09. The van der Waals surface area contributed by atoms with Gasteiger partial charge in [-0.1, -0.05) is 18.5 Å². The molecule has 1 saturated heterocycles. The summed E-state index contributed by atoms with van der Waals surface area (Å²) >= 11 is 5.83. The number of carbonyl (C=O) groups excluding carboxylic acids is 1. The first-order chi connectivity index (χ1) is 8.61. The zero-order chi connectivity index (χ0) is 13.1. The Hall–Kier alpha value is -1.26. The van der Waals surface area contributed by atoms with Crippen molar-refractivity contribution in [1.29, 1.82) is 0 Å². The monoisotopic (exact) mass is 268 g/mol. The summed E-state index contributed by atoms with van der Waals surface area (Å²) < 4.78 is 5.55. The van der Waals surface area contributed by atoms with Crippen LogP contribution in [0.3, 0.4) is 0 Å². The quantitative estimate of drug-likeness (QED) is 0.837. The Bertz CT molecular complexity index is 451. The maximum Gasteiger partial charge on any atom is 0.256 e. The molecule has 98 valence electrons. The van der Waals surface area contributed by atoms with Gasteiger partial charge in [-0.15, -0.1) is 0 Å². The topological polar surface area (TPSA) is 55.6 Å². The second-order valence-electron chi connectivity index (χ2n) is 4.38. The van der Waals surface area contributed by atoms with E-state index in [1.165, 1.54) is 0 Å². The van der Waals surface area contributed by atoms with Crippen LogP contribution in [0.1, 0.15) is 23.7 Å². The summed E-state index contributed by atoms with van der Waals surface area (Å²) in [6.07, 6.45) is 1.02. The van der Waals surface area contributed by atoms with Crippen molar-refractivity contribution in [2.75, 3.05) is 25.4 Å². The first kappa shape index (κ1) is 13.2. The van der Waals surface area contributed by atoms with Gasteiger partial charge < -0.3 is 15.4 Å². The van der Waals surface area contributed by atoms with Crippen molar-refractivity contribution in [3.63, 3.8) is 0 Å². The zero-order valence-electron chi connectivity index (χ0n) is 10.4. The van der Waals surface area contributed by atoms with Gasteiger partial charge in [0.15, 0.2) is 0 Å². The van der Waals surface area contributed by atoms with Crippen LogP contribution in [0, 0.1) is 0 Å². The van der Waals surface area contributed by atoms with Gasteiger partial charge in [0.25, 0.3) is 5.91 Å². The van der Waals surface area contributed by atoms with Crippen LogP contribution in [0.25, 0.3) is 0 Å². The molecule has 4 nitrogen and oxygen atoms in total. The first-order valence-corrected chi connectivity index (χ1v) is 6.45. The Labute approximate surface area is 112 Å². The van der Waals surface area contributed by atoms with Gasteiger partial charge in [0.05, 0.1) is 18.3 Å². The Morgan fingerprint density at radius 1 is 1.61 bits per heavy atom. The standard InChI is InChI=1S/C13H17ClN2O2/c1-2-10-8-16(5-6-18-10)13(17)11-4-3-9(14)7-12(11)15/h3-4,7,10H,2,5-6,8,15H2,1H3. The number of hydrogen-bond donors (Lipinski definition) is 1. The predicted molar refractivity (Wildman–Crippen MR) is 71.8 cm³/mol. The minimum atomic E-state index is -0.0501. The highest BCUT2D eigenvalue weighted by molar-refractivity contribution is 6.31. The Morgan fingerprint density at radius 3 is 3.06 bits per heavy atom. The summed E-state index contributed by atoms with van der Waals surface area (Å²) in [6.45, 7) is 3.86. The van der Waals surface area contributed by atoms with Gasteiger partial charge in [-0.05, 0) is 24.6 Å². The fourth-order valence-corrected chi connectivity index (χ4v) is 2.23. The van der Waals surface area contributed by atoms with Crippen LogP contribution in [0.2, 0.25) is 5.02 Å². The van der Waals surface area contributed by atoms with Crippen molar-refractivity contribution in [3.05, 3.63) is 28.8 Å². The lowest BCUT2D eigenvalue weighted by Gasteiger charge is -2.32. The van der Waals surface area contributed by atoms with Crippen LogP contribution in [0.5, 0.6) is 0 Å². The van der Waals surface area contributed by atoms with Crippen molar-refractivity contribution >= 4 is 23.2 Å². The van der Waals surface area contributed by atoms with E-state index in [2.05, 4.69) is 6.92 Å². The van der Waals surface area contributed by atoms with Crippen molar-refractivity contribution in [1.82, 2.24) is 4.90 Å². The van der Waals surface area contributed by atoms with E-state index in [0.29, 0.717) is 36.0 Å². The summed E-state index contributed by atoms with van der Waals surface area (Å²) in [5.74, 6) is -0.0501. The molecule has 1 fully saturated rings. The van der Waals surface area contributed by atoms with Gasteiger partial charge in [0.1, 0.15) is 0 Å². The van der Waals surface area contributed by atoms with E-state index < -0.39 is 0 Å². The summed E-state index contributed by atoms with van der Waals surface area (Å²) in [4.78, 5) is 14.1. The highest BCUT2D eigenvalue weighted by Crippen LogP contribution is 2.21. The SMILES string of the molecule is CCC1CN(C(=O)c2ccc(Cl)cc2N)CCO1. The Morgan fingerprint density at radius 2 is 2.39 bits per heavy atom. The number of anilines is 1. The average Bonchev–Trinajstić information content (AvgIpc) is 2.38. The number of nitrogen functional groups attached to an aromatic ring is 1. The number of hydrogen-bond acceptors (Lipinski definition) is 3. The van der Waals surface area contributed by atoms with Crippen LogP contribution in [-0.2, 0) is 4.74 Å². The number of halogens is 1. The molecule has 0 aliphatic carbocycles. The highest BCUT2D eigenvalue weighted by atomic mass is 35.5. The second-order valence-corrected chi connectivity index (χ2v) is 4.82. The lowest BCUT2D eigenvalue weighted by atomic mass is 10.1. The molecule has 1 aliphatic rings. The number of carbonyl (C=O) groups is 1. The lowest BCUT2D eigenvalue weighted by molar-refractivity contribution is -0.0225. The first-order valence-electron chi connectivity index (χ1n) is 6.07. The highest BCUT2D eigenvalue weighted by Gasteiger charge is 2.25. The van der Waals surface area contributed by atoms with E-state index in [0.717, 1.165) is 6.42 Å². The molecule has 1 aliphatic heterocycles. The minimum Gasteiger partial charge on any atom is -0.398 e.